The van der Waals surface area contributed by atoms with Crippen molar-refractivity contribution >= 4 is 10.1 Å². The van der Waals surface area contributed by atoms with Crippen LogP contribution >= 0.6 is 0 Å². The first-order chi connectivity index (χ1) is 11.6. The normalized spacial score (nSPS) is 19.1. The Labute approximate surface area is 150 Å². The maximum Gasteiger partial charge on any atom is 0.296 e. The number of hydrogen-bond acceptors (Lipinski definition) is 6. The van der Waals surface area contributed by atoms with Crippen LogP contribution in [0.25, 0.3) is 0 Å². The number of rotatable bonds is 6. The highest BCUT2D eigenvalue weighted by atomic mass is 32.2. The highest BCUT2D eigenvalue weighted by Crippen LogP contribution is 2.23. The van der Waals surface area contributed by atoms with Crippen LogP contribution in [-0.2, 0) is 19.0 Å². The van der Waals surface area contributed by atoms with Crippen LogP contribution in [0.5, 0.6) is 0 Å². The number of nitrogens with zero attached hydrogens (tertiary/aromatic N) is 1. The van der Waals surface area contributed by atoms with Crippen molar-refractivity contribution in [1.29, 1.82) is 0 Å². The molecule has 142 valence electrons. The molecule has 1 heterocycles. The van der Waals surface area contributed by atoms with Gasteiger partial charge in [0.15, 0.2) is 0 Å². The van der Waals surface area contributed by atoms with Gasteiger partial charge in [0.05, 0.1) is 17.1 Å². The Morgan fingerprint density at radius 2 is 1.76 bits per heavy atom. The lowest BCUT2D eigenvalue weighted by Gasteiger charge is -2.37. The fourth-order valence-electron chi connectivity index (χ4n) is 2.69. The first kappa shape index (κ1) is 20.3. The number of hydrogen-bond donors (Lipinski definition) is 1. The number of ether oxygens (including phenoxy) is 1. The van der Waals surface area contributed by atoms with E-state index in [0.29, 0.717) is 13.1 Å². The van der Waals surface area contributed by atoms with E-state index >= 15 is 0 Å². The molecule has 0 amide bonds. The molecule has 1 saturated heterocycles. The first-order valence-corrected chi connectivity index (χ1v) is 10.0. The summed E-state index contributed by atoms with van der Waals surface area (Å²) in [4.78, 5) is 2.04. The van der Waals surface area contributed by atoms with Crippen LogP contribution < -0.4 is 0 Å². The Hall–Kier alpha value is -0.990. The molecule has 0 bridgehead atoms. The van der Waals surface area contributed by atoms with E-state index in [-0.39, 0.29) is 17.4 Å². The van der Waals surface area contributed by atoms with Gasteiger partial charge in [-0.2, -0.15) is 8.42 Å². The van der Waals surface area contributed by atoms with E-state index in [0.717, 1.165) is 18.4 Å². The standard InChI is InChI=1S/C18H29NO5S/c1-14-5-7-16(8-6-14)25(21,22)23-13-15-9-11-19(12-10-15)17(20)24-18(2,3)4/h5-8,15,17,20H,9-13H2,1-4H3. The molecule has 0 saturated carbocycles. The highest BCUT2D eigenvalue weighted by Gasteiger charge is 2.28. The molecule has 1 atom stereocenters. The summed E-state index contributed by atoms with van der Waals surface area (Å²) in [7, 11) is -3.72. The molecular weight excluding hydrogens is 342 g/mol. The molecule has 0 aromatic heterocycles. The van der Waals surface area contributed by atoms with Gasteiger partial charge >= 0.3 is 0 Å². The van der Waals surface area contributed by atoms with Crippen molar-refractivity contribution in [2.45, 2.75) is 57.4 Å². The topological polar surface area (TPSA) is 76.1 Å². The van der Waals surface area contributed by atoms with E-state index in [1.807, 2.05) is 32.6 Å². The van der Waals surface area contributed by atoms with E-state index < -0.39 is 22.1 Å². The second-order valence-electron chi connectivity index (χ2n) is 7.59. The average Bonchev–Trinajstić information content (AvgIpc) is 2.52. The monoisotopic (exact) mass is 371 g/mol. The zero-order valence-electron chi connectivity index (χ0n) is 15.4. The molecule has 0 aliphatic carbocycles. The second-order valence-corrected chi connectivity index (χ2v) is 9.20. The lowest BCUT2D eigenvalue weighted by molar-refractivity contribution is -0.243. The summed E-state index contributed by atoms with van der Waals surface area (Å²) in [6.45, 7) is 9.06. The number of aliphatic hydroxyl groups excluding tert-OH is 1. The molecule has 1 unspecified atom stereocenters. The fourth-order valence-corrected chi connectivity index (χ4v) is 3.67. The maximum atomic E-state index is 12.2. The van der Waals surface area contributed by atoms with E-state index in [4.69, 9.17) is 8.92 Å². The third-order valence-corrected chi connectivity index (χ3v) is 5.48. The molecule has 0 spiro atoms. The van der Waals surface area contributed by atoms with Crippen LogP contribution in [0.4, 0.5) is 0 Å². The van der Waals surface area contributed by atoms with Gasteiger partial charge in [-0.15, -0.1) is 0 Å². The molecule has 1 aromatic carbocycles. The number of aliphatic hydroxyl groups is 1. The molecule has 1 N–H and O–H groups in total. The fraction of sp³-hybridized carbons (Fsp3) is 0.667. The molecule has 2 rings (SSSR count). The van der Waals surface area contributed by atoms with Crippen LogP contribution in [0.1, 0.15) is 39.2 Å². The Kier molecular flexibility index (Phi) is 6.62. The number of aryl methyl sites for hydroxylation is 1. The van der Waals surface area contributed by atoms with E-state index in [1.54, 1.807) is 24.3 Å². The molecule has 1 fully saturated rings. The summed E-state index contributed by atoms with van der Waals surface area (Å²) in [5.41, 5.74) is 0.587. The predicted molar refractivity (Wildman–Crippen MR) is 95.5 cm³/mol. The molecule has 1 aliphatic heterocycles. The van der Waals surface area contributed by atoms with Crippen molar-refractivity contribution in [3.8, 4) is 0 Å². The summed E-state index contributed by atoms with van der Waals surface area (Å²) >= 11 is 0. The molecule has 0 radical (unpaired) electrons. The zero-order chi connectivity index (χ0) is 18.7. The third-order valence-electron chi connectivity index (χ3n) is 4.19. The quantitative estimate of drug-likeness (QED) is 0.612. The SMILES string of the molecule is Cc1ccc(S(=O)(=O)OCC2CCN(C(O)OC(C)(C)C)CC2)cc1. The zero-order valence-corrected chi connectivity index (χ0v) is 16.3. The Balaban J connectivity index is 1.81. The number of likely N-dealkylation sites (tertiary alicyclic amines) is 1. The van der Waals surface area contributed by atoms with Gasteiger partial charge < -0.3 is 9.84 Å². The summed E-state index contributed by atoms with van der Waals surface area (Å²) < 4.78 is 35.2. The minimum Gasteiger partial charge on any atom is -0.356 e. The van der Waals surface area contributed by atoms with Crippen LogP contribution in [0.2, 0.25) is 0 Å². The minimum absolute atomic E-state index is 0.151. The van der Waals surface area contributed by atoms with Gasteiger partial charge in [0.25, 0.3) is 10.1 Å². The largest absolute Gasteiger partial charge is 0.356 e. The van der Waals surface area contributed by atoms with Gasteiger partial charge in [0, 0.05) is 13.1 Å². The maximum absolute atomic E-state index is 12.2. The van der Waals surface area contributed by atoms with Gasteiger partial charge in [-0.25, -0.2) is 0 Å². The molecule has 25 heavy (non-hydrogen) atoms. The van der Waals surface area contributed by atoms with Gasteiger partial charge in [-0.1, -0.05) is 17.7 Å². The van der Waals surface area contributed by atoms with Crippen molar-refractivity contribution in [2.24, 2.45) is 5.92 Å². The van der Waals surface area contributed by atoms with Crippen LogP contribution in [0, 0.1) is 12.8 Å². The number of benzene rings is 1. The van der Waals surface area contributed by atoms with Crippen LogP contribution in [0.15, 0.2) is 29.2 Å². The predicted octanol–water partition coefficient (Wildman–Crippen LogP) is 2.50. The Bertz CT molecular complexity index is 643. The summed E-state index contributed by atoms with van der Waals surface area (Å²) in [5.74, 6) is 0.151. The van der Waals surface area contributed by atoms with E-state index in [2.05, 4.69) is 0 Å². The van der Waals surface area contributed by atoms with Gasteiger partial charge in [-0.05, 0) is 58.6 Å². The van der Waals surface area contributed by atoms with Crippen molar-refractivity contribution in [2.75, 3.05) is 19.7 Å². The van der Waals surface area contributed by atoms with Gasteiger partial charge in [0.1, 0.15) is 0 Å². The number of piperidine rings is 1. The highest BCUT2D eigenvalue weighted by molar-refractivity contribution is 7.86. The second kappa shape index (κ2) is 8.14. The van der Waals surface area contributed by atoms with Crippen LogP contribution in [-0.4, -0.2) is 50.1 Å². The molecular formula is C18H29NO5S. The van der Waals surface area contributed by atoms with Gasteiger partial charge in [0.2, 0.25) is 6.41 Å². The Morgan fingerprint density at radius 1 is 1.20 bits per heavy atom. The van der Waals surface area contributed by atoms with Crippen molar-refractivity contribution in [1.82, 2.24) is 4.90 Å². The summed E-state index contributed by atoms with van der Waals surface area (Å²) in [6, 6.07) is 6.64. The Morgan fingerprint density at radius 3 is 2.28 bits per heavy atom. The van der Waals surface area contributed by atoms with E-state index in [1.165, 1.54) is 0 Å². The van der Waals surface area contributed by atoms with Gasteiger partial charge in [-0.3, -0.25) is 9.08 Å². The minimum atomic E-state index is -3.72. The molecule has 6 nitrogen and oxygen atoms in total. The molecule has 1 aliphatic rings. The lowest BCUT2D eigenvalue weighted by Crippen LogP contribution is -2.46. The van der Waals surface area contributed by atoms with Crippen LogP contribution in [0.3, 0.4) is 0 Å². The first-order valence-electron chi connectivity index (χ1n) is 8.63. The lowest BCUT2D eigenvalue weighted by atomic mass is 9.98. The third kappa shape index (κ3) is 6.34. The van der Waals surface area contributed by atoms with E-state index in [9.17, 15) is 13.5 Å². The molecule has 1 aromatic rings. The smallest absolute Gasteiger partial charge is 0.296 e. The van der Waals surface area contributed by atoms with Crippen molar-refractivity contribution in [3.63, 3.8) is 0 Å². The molecule has 7 heteroatoms. The average molecular weight is 371 g/mol. The summed E-state index contributed by atoms with van der Waals surface area (Å²) in [5, 5.41) is 10.1. The van der Waals surface area contributed by atoms with Crippen molar-refractivity contribution < 1.29 is 22.4 Å². The van der Waals surface area contributed by atoms with Crippen molar-refractivity contribution in [3.05, 3.63) is 29.8 Å². The summed E-state index contributed by atoms with van der Waals surface area (Å²) in [6.07, 6.45) is 0.584.